The highest BCUT2D eigenvalue weighted by Gasteiger charge is 2.76. The highest BCUT2D eigenvalue weighted by molar-refractivity contribution is 6.06. The zero-order valence-corrected chi connectivity index (χ0v) is 17.5. The summed E-state index contributed by atoms with van der Waals surface area (Å²) < 4.78 is 0. The van der Waals surface area contributed by atoms with Gasteiger partial charge in [-0.05, 0) is 103 Å². The zero-order valence-electron chi connectivity index (χ0n) is 17.5. The Labute approximate surface area is 179 Å². The number of carbonyl (C=O) groups excluding carboxylic acids is 1. The van der Waals surface area contributed by atoms with Crippen LogP contribution >= 0.6 is 0 Å². The average molecular weight is 395 g/mol. The van der Waals surface area contributed by atoms with Crippen LogP contribution in [0.4, 0.5) is 0 Å². The summed E-state index contributed by atoms with van der Waals surface area (Å²) in [5, 5.41) is 0. The molecule has 0 saturated heterocycles. The minimum atomic E-state index is -0.248. The summed E-state index contributed by atoms with van der Waals surface area (Å²) in [7, 11) is 0. The Morgan fingerprint density at radius 1 is 0.700 bits per heavy atom. The summed E-state index contributed by atoms with van der Waals surface area (Å²) in [5.74, 6) is 7.29. The number of rotatable bonds is 2. The van der Waals surface area contributed by atoms with Crippen LogP contribution in [0.2, 0.25) is 0 Å². The molecule has 1 nitrogen and oxygen atoms in total. The van der Waals surface area contributed by atoms with Crippen molar-refractivity contribution in [3.63, 3.8) is 0 Å². The largest absolute Gasteiger partial charge is 0.293 e. The molecule has 1 heteroatoms. The standard InChI is InChI=1S/C29H30O/c30-28(16-6-2-1-3-7-16)29-22-9-5-4-8-21(22)25(23-17-10-12-19(14-17)26(23)29)24-18-11-13-20(15-18)27(24)29/h1-9,17-20,23-27H,10-15H2. The lowest BCUT2D eigenvalue weighted by molar-refractivity contribution is -0.0669. The van der Waals surface area contributed by atoms with Gasteiger partial charge in [-0.15, -0.1) is 0 Å². The Hall–Kier alpha value is -1.89. The molecule has 0 N–H and O–H groups in total. The predicted molar refractivity (Wildman–Crippen MR) is 117 cm³/mol. The molecule has 152 valence electrons. The van der Waals surface area contributed by atoms with Crippen molar-refractivity contribution in [2.24, 2.45) is 47.3 Å². The van der Waals surface area contributed by atoms with Crippen molar-refractivity contribution in [3.8, 4) is 0 Å². The number of ketones is 1. The Morgan fingerprint density at radius 3 is 1.93 bits per heavy atom. The molecule has 8 atom stereocenters. The van der Waals surface area contributed by atoms with Gasteiger partial charge in [-0.2, -0.15) is 0 Å². The summed E-state index contributed by atoms with van der Waals surface area (Å²) in [4.78, 5) is 14.8. The van der Waals surface area contributed by atoms with E-state index in [-0.39, 0.29) is 5.41 Å². The van der Waals surface area contributed by atoms with Crippen LogP contribution in [0.25, 0.3) is 0 Å². The molecule has 0 spiro atoms. The van der Waals surface area contributed by atoms with Gasteiger partial charge in [0.15, 0.2) is 5.78 Å². The van der Waals surface area contributed by atoms with Crippen LogP contribution in [0.1, 0.15) is 65.9 Å². The van der Waals surface area contributed by atoms with Gasteiger partial charge >= 0.3 is 0 Å². The molecule has 0 aromatic heterocycles. The van der Waals surface area contributed by atoms with E-state index in [4.69, 9.17) is 0 Å². The minimum absolute atomic E-state index is 0.248. The van der Waals surface area contributed by atoms with E-state index in [9.17, 15) is 4.79 Å². The van der Waals surface area contributed by atoms with Crippen LogP contribution in [0.5, 0.6) is 0 Å². The summed E-state index contributed by atoms with van der Waals surface area (Å²) >= 11 is 0. The topological polar surface area (TPSA) is 17.1 Å². The van der Waals surface area contributed by atoms with Crippen molar-refractivity contribution in [2.75, 3.05) is 0 Å². The Balaban J connectivity index is 1.46. The summed E-state index contributed by atoms with van der Waals surface area (Å²) in [6.45, 7) is 0. The van der Waals surface area contributed by atoms with Crippen LogP contribution < -0.4 is 0 Å². The number of Topliss-reactive ketones (excluding diaryl/α,β-unsaturated/α-hetero) is 1. The number of fused-ring (bicyclic) bond motifs is 4. The number of hydrogen-bond acceptors (Lipinski definition) is 1. The SMILES string of the molecule is O=C(c1ccccc1)C12c3ccccc3C(C3C4CCC(C4)C31)C1C3CCC(C3)C12. The molecule has 2 aromatic carbocycles. The van der Waals surface area contributed by atoms with Crippen LogP contribution in [0, 0.1) is 47.3 Å². The van der Waals surface area contributed by atoms with Gasteiger partial charge in [-0.1, -0.05) is 54.6 Å². The maximum atomic E-state index is 14.8. The monoisotopic (exact) mass is 394 g/mol. The van der Waals surface area contributed by atoms with Gasteiger partial charge in [0.1, 0.15) is 0 Å². The van der Waals surface area contributed by atoms with Crippen molar-refractivity contribution in [1.82, 2.24) is 0 Å². The van der Waals surface area contributed by atoms with Crippen LogP contribution in [-0.4, -0.2) is 5.78 Å². The number of benzene rings is 2. The van der Waals surface area contributed by atoms with E-state index in [2.05, 4.69) is 54.6 Å². The third-order valence-corrected chi connectivity index (χ3v) is 11.0. The molecule has 6 bridgehead atoms. The third kappa shape index (κ3) is 1.68. The van der Waals surface area contributed by atoms with Crippen LogP contribution in [0.3, 0.4) is 0 Å². The van der Waals surface area contributed by atoms with Crippen molar-refractivity contribution >= 4 is 5.78 Å². The maximum absolute atomic E-state index is 14.8. The van der Waals surface area contributed by atoms with Crippen LogP contribution in [-0.2, 0) is 5.41 Å². The first-order chi connectivity index (χ1) is 14.8. The van der Waals surface area contributed by atoms with E-state index in [0.717, 1.165) is 47.0 Å². The van der Waals surface area contributed by atoms with Gasteiger partial charge in [-0.3, -0.25) is 4.79 Å². The van der Waals surface area contributed by atoms with E-state index in [1.807, 2.05) is 0 Å². The molecule has 7 aliphatic rings. The highest BCUT2D eigenvalue weighted by Crippen LogP contribution is 2.79. The molecule has 0 aliphatic heterocycles. The molecule has 5 fully saturated rings. The van der Waals surface area contributed by atoms with Crippen molar-refractivity contribution in [1.29, 1.82) is 0 Å². The van der Waals surface area contributed by atoms with Crippen LogP contribution in [0.15, 0.2) is 54.6 Å². The number of carbonyl (C=O) groups is 1. The normalized spacial score (nSPS) is 48.5. The van der Waals surface area contributed by atoms with Crippen molar-refractivity contribution < 1.29 is 4.79 Å². The molecule has 5 saturated carbocycles. The van der Waals surface area contributed by atoms with E-state index in [1.54, 1.807) is 5.56 Å². The van der Waals surface area contributed by atoms with Gasteiger partial charge < -0.3 is 0 Å². The fourth-order valence-electron chi connectivity index (χ4n) is 10.7. The number of hydrogen-bond donors (Lipinski definition) is 0. The Morgan fingerprint density at radius 2 is 1.27 bits per heavy atom. The molecular formula is C29H30O. The lowest BCUT2D eigenvalue weighted by Gasteiger charge is -2.66. The van der Waals surface area contributed by atoms with Gasteiger partial charge in [0.05, 0.1) is 5.41 Å². The predicted octanol–water partition coefficient (Wildman–Crippen LogP) is 6.24. The summed E-state index contributed by atoms with van der Waals surface area (Å²) in [6, 6.07) is 19.7. The Kier molecular flexibility index (Phi) is 3.06. The molecule has 30 heavy (non-hydrogen) atoms. The second-order valence-corrected chi connectivity index (χ2v) is 11.5. The molecule has 0 radical (unpaired) electrons. The Bertz CT molecular complexity index is 1020. The second-order valence-electron chi connectivity index (χ2n) is 11.5. The fraction of sp³-hybridized carbons (Fsp3) is 0.552. The highest BCUT2D eigenvalue weighted by atomic mass is 16.1. The molecule has 0 heterocycles. The van der Waals surface area contributed by atoms with E-state index in [0.29, 0.717) is 17.6 Å². The average Bonchev–Trinajstić information content (AvgIpc) is 3.60. The first-order valence-corrected chi connectivity index (χ1v) is 12.5. The first kappa shape index (κ1) is 16.8. The van der Waals surface area contributed by atoms with Crippen molar-refractivity contribution in [2.45, 2.75) is 49.9 Å². The maximum Gasteiger partial charge on any atom is 0.173 e. The lowest BCUT2D eigenvalue weighted by Crippen LogP contribution is -2.66. The zero-order chi connectivity index (χ0) is 19.6. The lowest BCUT2D eigenvalue weighted by atomic mass is 9.36. The minimum Gasteiger partial charge on any atom is -0.293 e. The third-order valence-electron chi connectivity index (χ3n) is 11.0. The molecule has 8 unspecified atom stereocenters. The van der Waals surface area contributed by atoms with Gasteiger partial charge in [0.2, 0.25) is 0 Å². The quantitative estimate of drug-likeness (QED) is 0.551. The molecular weight excluding hydrogens is 364 g/mol. The van der Waals surface area contributed by atoms with Gasteiger partial charge in [0, 0.05) is 5.56 Å². The summed E-state index contributed by atoms with van der Waals surface area (Å²) in [6.07, 6.45) is 8.39. The molecule has 0 amide bonds. The summed E-state index contributed by atoms with van der Waals surface area (Å²) in [5.41, 5.74) is 3.77. The van der Waals surface area contributed by atoms with E-state index < -0.39 is 0 Å². The van der Waals surface area contributed by atoms with Gasteiger partial charge in [0.25, 0.3) is 0 Å². The van der Waals surface area contributed by atoms with E-state index >= 15 is 0 Å². The fourth-order valence-corrected chi connectivity index (χ4v) is 10.7. The van der Waals surface area contributed by atoms with Gasteiger partial charge in [-0.25, -0.2) is 0 Å². The second kappa shape index (κ2) is 5.47. The molecule has 2 aromatic rings. The molecule has 7 aliphatic carbocycles. The molecule has 9 rings (SSSR count). The van der Waals surface area contributed by atoms with E-state index in [1.165, 1.54) is 44.1 Å². The van der Waals surface area contributed by atoms with Crippen molar-refractivity contribution in [3.05, 3.63) is 71.3 Å². The smallest absolute Gasteiger partial charge is 0.173 e. The first-order valence-electron chi connectivity index (χ1n) is 12.5.